The van der Waals surface area contributed by atoms with Crippen molar-refractivity contribution in [2.45, 2.75) is 13.3 Å². The second-order valence-electron chi connectivity index (χ2n) is 4.05. The van der Waals surface area contributed by atoms with Crippen LogP contribution in [0.1, 0.15) is 12.2 Å². The van der Waals surface area contributed by atoms with Crippen molar-refractivity contribution in [3.63, 3.8) is 0 Å². The van der Waals surface area contributed by atoms with E-state index in [-0.39, 0.29) is 5.91 Å². The third kappa shape index (κ3) is 4.30. The first-order valence-electron chi connectivity index (χ1n) is 5.86. The molecule has 1 amide bonds. The summed E-state index contributed by atoms with van der Waals surface area (Å²) in [5.74, 6) is 1.29. The van der Waals surface area contributed by atoms with Crippen molar-refractivity contribution in [3.05, 3.63) is 41.1 Å². The summed E-state index contributed by atoms with van der Waals surface area (Å²) >= 11 is 5.76. The van der Waals surface area contributed by atoms with Gasteiger partial charge in [0.25, 0.3) is 0 Å². The number of hydrogen-bond acceptors (Lipinski definition) is 4. The lowest BCUT2D eigenvalue weighted by Gasteiger charge is -2.05. The highest BCUT2D eigenvalue weighted by molar-refractivity contribution is 6.30. The Morgan fingerprint density at radius 3 is 2.74 bits per heavy atom. The maximum atomic E-state index is 11.7. The lowest BCUT2D eigenvalue weighted by Crippen LogP contribution is -2.16. The molecule has 2 rings (SSSR count). The van der Waals surface area contributed by atoms with E-state index in [9.17, 15) is 4.79 Å². The lowest BCUT2D eigenvalue weighted by molar-refractivity contribution is -0.115. The van der Waals surface area contributed by atoms with E-state index in [1.165, 1.54) is 0 Å². The van der Waals surface area contributed by atoms with Gasteiger partial charge in [0.2, 0.25) is 5.91 Å². The fourth-order valence-electron chi connectivity index (χ4n) is 1.51. The van der Waals surface area contributed by atoms with Crippen LogP contribution in [0.3, 0.4) is 0 Å². The Hall–Kier alpha value is -2.01. The minimum absolute atomic E-state index is 0.0740. The predicted octanol–water partition coefficient (Wildman–Crippen LogP) is 3.08. The molecule has 0 fully saturated rings. The van der Waals surface area contributed by atoms with Gasteiger partial charge in [0.05, 0.1) is 0 Å². The zero-order valence-corrected chi connectivity index (χ0v) is 11.2. The number of aromatic nitrogens is 1. The molecule has 0 atom stereocenters. The molecule has 0 bridgehead atoms. The molecule has 1 aromatic carbocycles. The first kappa shape index (κ1) is 13.4. The number of nitrogens with zero attached hydrogens (tertiary/aromatic N) is 1. The van der Waals surface area contributed by atoms with Crippen LogP contribution in [0.15, 0.2) is 34.9 Å². The second kappa shape index (κ2) is 6.24. The summed E-state index contributed by atoms with van der Waals surface area (Å²) in [5.41, 5.74) is 0.728. The molecule has 2 aromatic rings. The Balaban J connectivity index is 1.74. The van der Waals surface area contributed by atoms with Crippen LogP contribution in [0.5, 0.6) is 0 Å². The number of aryl methyl sites for hydroxylation is 1. The number of benzene rings is 1. The van der Waals surface area contributed by atoms with Gasteiger partial charge in [-0.3, -0.25) is 4.79 Å². The summed E-state index contributed by atoms with van der Waals surface area (Å²) in [6.07, 6.45) is 0.342. The molecule has 0 aliphatic carbocycles. The molecule has 0 spiro atoms. The van der Waals surface area contributed by atoms with Gasteiger partial charge in [-0.1, -0.05) is 16.8 Å². The van der Waals surface area contributed by atoms with Crippen LogP contribution in [-0.4, -0.2) is 17.6 Å². The molecule has 0 unspecified atom stereocenters. The van der Waals surface area contributed by atoms with Gasteiger partial charge < -0.3 is 15.2 Å². The van der Waals surface area contributed by atoms with Crippen LogP contribution in [0, 0.1) is 6.92 Å². The Morgan fingerprint density at radius 1 is 1.37 bits per heavy atom. The van der Waals surface area contributed by atoms with Crippen LogP contribution >= 0.6 is 11.6 Å². The number of amides is 1. The first-order chi connectivity index (χ1) is 9.13. The molecule has 19 heavy (non-hydrogen) atoms. The molecular formula is C13H14ClN3O2. The highest BCUT2D eigenvalue weighted by atomic mass is 35.5. The van der Waals surface area contributed by atoms with E-state index in [0.717, 1.165) is 11.4 Å². The van der Waals surface area contributed by atoms with E-state index < -0.39 is 0 Å². The minimum atomic E-state index is -0.0740. The highest BCUT2D eigenvalue weighted by Gasteiger charge is 2.03. The second-order valence-corrected chi connectivity index (χ2v) is 4.49. The molecular weight excluding hydrogens is 266 g/mol. The molecule has 1 aromatic heterocycles. The fraction of sp³-hybridized carbons (Fsp3) is 0.231. The molecule has 0 saturated heterocycles. The summed E-state index contributed by atoms with van der Waals surface area (Å²) < 4.78 is 4.90. The van der Waals surface area contributed by atoms with Crippen LogP contribution in [0.4, 0.5) is 11.5 Å². The summed E-state index contributed by atoms with van der Waals surface area (Å²) in [7, 11) is 0. The monoisotopic (exact) mass is 279 g/mol. The van der Waals surface area contributed by atoms with Crippen LogP contribution in [0.2, 0.25) is 5.02 Å². The highest BCUT2D eigenvalue weighted by Crippen LogP contribution is 2.13. The zero-order valence-electron chi connectivity index (χ0n) is 10.4. The van der Waals surface area contributed by atoms with Gasteiger partial charge in [0.15, 0.2) is 5.82 Å². The van der Waals surface area contributed by atoms with Crippen molar-refractivity contribution >= 4 is 29.0 Å². The van der Waals surface area contributed by atoms with Gasteiger partial charge in [-0.15, -0.1) is 0 Å². The van der Waals surface area contributed by atoms with E-state index in [2.05, 4.69) is 15.8 Å². The maximum absolute atomic E-state index is 11.7. The Bertz CT molecular complexity index is 551. The van der Waals surface area contributed by atoms with Crippen molar-refractivity contribution in [1.82, 2.24) is 5.16 Å². The van der Waals surface area contributed by atoms with Gasteiger partial charge in [-0.2, -0.15) is 0 Å². The van der Waals surface area contributed by atoms with Gasteiger partial charge >= 0.3 is 0 Å². The van der Waals surface area contributed by atoms with Gasteiger partial charge in [-0.05, 0) is 31.2 Å². The largest absolute Gasteiger partial charge is 0.367 e. The van der Waals surface area contributed by atoms with E-state index in [0.29, 0.717) is 23.8 Å². The number of carbonyl (C=O) groups is 1. The quantitative estimate of drug-likeness (QED) is 0.883. The fourth-order valence-corrected chi connectivity index (χ4v) is 1.64. The SMILES string of the molecule is Cc1cc(NCCC(=O)Nc2ccc(Cl)cc2)no1. The third-order valence-corrected chi connectivity index (χ3v) is 2.67. The van der Waals surface area contributed by atoms with Crippen molar-refractivity contribution in [2.75, 3.05) is 17.2 Å². The topological polar surface area (TPSA) is 67.2 Å². The third-order valence-electron chi connectivity index (χ3n) is 2.41. The summed E-state index contributed by atoms with van der Waals surface area (Å²) in [6, 6.07) is 8.75. The molecule has 0 aliphatic rings. The predicted molar refractivity (Wildman–Crippen MR) is 74.4 cm³/mol. The van der Waals surface area contributed by atoms with E-state index in [4.69, 9.17) is 16.1 Å². The number of halogens is 1. The number of rotatable bonds is 5. The Kier molecular flexibility index (Phi) is 4.41. The molecule has 100 valence electrons. The average Bonchev–Trinajstić information content (AvgIpc) is 2.78. The van der Waals surface area contributed by atoms with Crippen molar-refractivity contribution in [1.29, 1.82) is 0 Å². The van der Waals surface area contributed by atoms with Gasteiger partial charge in [-0.25, -0.2) is 0 Å². The Labute approximate surface area is 115 Å². The van der Waals surface area contributed by atoms with E-state index in [1.54, 1.807) is 30.3 Å². The summed E-state index contributed by atoms with van der Waals surface area (Å²) in [5, 5.41) is 10.2. The maximum Gasteiger partial charge on any atom is 0.226 e. The standard InChI is InChI=1S/C13H14ClN3O2/c1-9-8-12(17-19-9)15-7-6-13(18)16-11-4-2-10(14)3-5-11/h2-5,8H,6-7H2,1H3,(H,15,17)(H,16,18). The smallest absolute Gasteiger partial charge is 0.226 e. The normalized spacial score (nSPS) is 10.2. The average molecular weight is 280 g/mol. The van der Waals surface area contributed by atoms with Crippen LogP contribution in [-0.2, 0) is 4.79 Å². The van der Waals surface area contributed by atoms with E-state index >= 15 is 0 Å². The summed E-state index contributed by atoms with van der Waals surface area (Å²) in [6.45, 7) is 2.30. The van der Waals surface area contributed by atoms with Crippen LogP contribution in [0.25, 0.3) is 0 Å². The molecule has 0 radical (unpaired) electrons. The minimum Gasteiger partial charge on any atom is -0.367 e. The van der Waals surface area contributed by atoms with Crippen molar-refractivity contribution < 1.29 is 9.32 Å². The molecule has 0 aliphatic heterocycles. The number of nitrogens with one attached hydrogen (secondary N) is 2. The summed E-state index contributed by atoms with van der Waals surface area (Å²) in [4.78, 5) is 11.7. The Morgan fingerprint density at radius 2 is 2.11 bits per heavy atom. The van der Waals surface area contributed by atoms with E-state index in [1.807, 2.05) is 6.92 Å². The zero-order chi connectivity index (χ0) is 13.7. The van der Waals surface area contributed by atoms with Crippen molar-refractivity contribution in [2.24, 2.45) is 0 Å². The number of hydrogen-bond donors (Lipinski definition) is 2. The molecule has 1 heterocycles. The molecule has 0 saturated carbocycles. The molecule has 6 heteroatoms. The lowest BCUT2D eigenvalue weighted by atomic mass is 10.3. The molecule has 5 nitrogen and oxygen atoms in total. The molecule has 2 N–H and O–H groups in total. The van der Waals surface area contributed by atoms with Gasteiger partial charge in [0, 0.05) is 29.7 Å². The van der Waals surface area contributed by atoms with Gasteiger partial charge in [0.1, 0.15) is 5.76 Å². The number of carbonyl (C=O) groups excluding carboxylic acids is 1. The number of anilines is 2. The first-order valence-corrected chi connectivity index (χ1v) is 6.24. The van der Waals surface area contributed by atoms with Crippen molar-refractivity contribution in [3.8, 4) is 0 Å². The van der Waals surface area contributed by atoms with Crippen LogP contribution < -0.4 is 10.6 Å².